The second-order valence-corrected chi connectivity index (χ2v) is 8.17. The molecule has 0 aromatic carbocycles. The zero-order valence-electron chi connectivity index (χ0n) is 15.9. The highest BCUT2D eigenvalue weighted by atomic mass is 16.2. The lowest BCUT2D eigenvalue weighted by molar-refractivity contribution is -0.145. The van der Waals surface area contributed by atoms with Gasteiger partial charge in [0.05, 0.1) is 11.1 Å². The molecule has 6 heteroatoms. The molecule has 2 saturated heterocycles. The first kappa shape index (κ1) is 17.6. The minimum absolute atomic E-state index is 0.177. The van der Waals surface area contributed by atoms with E-state index >= 15 is 0 Å². The number of H-pyrrole nitrogens is 1. The molecule has 1 atom stereocenters. The maximum atomic E-state index is 12.8. The number of fused-ring (bicyclic) bond motifs is 1. The number of carbonyl (C=O) groups is 2. The van der Waals surface area contributed by atoms with Crippen LogP contribution in [-0.4, -0.2) is 58.0 Å². The predicted molar refractivity (Wildman–Crippen MR) is 98.7 cm³/mol. The molecule has 2 aliphatic heterocycles. The van der Waals surface area contributed by atoms with Gasteiger partial charge in [0.2, 0.25) is 11.8 Å². The van der Waals surface area contributed by atoms with E-state index in [1.165, 1.54) is 24.1 Å². The van der Waals surface area contributed by atoms with Gasteiger partial charge in [0, 0.05) is 44.7 Å². The molecule has 1 N–H and O–H groups in total. The lowest BCUT2D eigenvalue weighted by atomic mass is 9.78. The molecule has 3 heterocycles. The summed E-state index contributed by atoms with van der Waals surface area (Å²) in [6, 6.07) is 0. The van der Waals surface area contributed by atoms with Crippen molar-refractivity contribution in [3.63, 3.8) is 0 Å². The molecule has 2 amide bonds. The van der Waals surface area contributed by atoms with E-state index in [0.29, 0.717) is 19.4 Å². The molecular weight excluding hydrogens is 328 g/mol. The summed E-state index contributed by atoms with van der Waals surface area (Å²) in [5, 5.41) is 7.61. The van der Waals surface area contributed by atoms with Crippen molar-refractivity contribution in [2.24, 2.45) is 5.41 Å². The van der Waals surface area contributed by atoms with Gasteiger partial charge >= 0.3 is 0 Å². The Morgan fingerprint density at radius 3 is 2.88 bits per heavy atom. The SMILES string of the molecule is CCN1CCC[C@]2(CCN(C(=O)CCc3n[nH]c4c3CCCC4)C2)C1=O. The quantitative estimate of drug-likeness (QED) is 0.896. The Morgan fingerprint density at radius 1 is 1.19 bits per heavy atom. The van der Waals surface area contributed by atoms with Gasteiger partial charge in [-0.05, 0) is 57.4 Å². The Morgan fingerprint density at radius 2 is 2.04 bits per heavy atom. The highest BCUT2D eigenvalue weighted by molar-refractivity contribution is 5.86. The molecule has 3 aliphatic rings. The summed E-state index contributed by atoms with van der Waals surface area (Å²) in [6.07, 6.45) is 8.64. The van der Waals surface area contributed by atoms with Crippen LogP contribution in [0.4, 0.5) is 0 Å². The fourth-order valence-electron chi connectivity index (χ4n) is 5.06. The molecule has 1 spiro atoms. The van der Waals surface area contributed by atoms with Crippen LogP contribution in [0, 0.1) is 5.41 Å². The molecule has 0 bridgehead atoms. The van der Waals surface area contributed by atoms with Crippen molar-refractivity contribution in [3.8, 4) is 0 Å². The Kier molecular flexibility index (Phi) is 4.76. The van der Waals surface area contributed by atoms with E-state index in [1.807, 2.05) is 16.7 Å². The zero-order chi connectivity index (χ0) is 18.1. The summed E-state index contributed by atoms with van der Waals surface area (Å²) in [6.45, 7) is 5.02. The van der Waals surface area contributed by atoms with Gasteiger partial charge in [-0.2, -0.15) is 5.10 Å². The third-order valence-corrected chi connectivity index (χ3v) is 6.63. The minimum atomic E-state index is -0.310. The average Bonchev–Trinajstić information content (AvgIpc) is 3.27. The van der Waals surface area contributed by atoms with Gasteiger partial charge < -0.3 is 9.80 Å². The maximum absolute atomic E-state index is 12.8. The van der Waals surface area contributed by atoms with Crippen LogP contribution in [-0.2, 0) is 28.9 Å². The second-order valence-electron chi connectivity index (χ2n) is 8.17. The van der Waals surface area contributed by atoms with Crippen molar-refractivity contribution < 1.29 is 9.59 Å². The van der Waals surface area contributed by atoms with E-state index in [9.17, 15) is 9.59 Å². The van der Waals surface area contributed by atoms with Crippen molar-refractivity contribution >= 4 is 11.8 Å². The number of rotatable bonds is 4. The Labute approximate surface area is 155 Å². The van der Waals surface area contributed by atoms with Crippen LogP contribution in [0.3, 0.4) is 0 Å². The number of nitrogens with one attached hydrogen (secondary N) is 1. The summed E-state index contributed by atoms with van der Waals surface area (Å²) >= 11 is 0. The smallest absolute Gasteiger partial charge is 0.230 e. The topological polar surface area (TPSA) is 69.3 Å². The molecule has 26 heavy (non-hydrogen) atoms. The van der Waals surface area contributed by atoms with Crippen molar-refractivity contribution in [1.82, 2.24) is 20.0 Å². The van der Waals surface area contributed by atoms with E-state index in [2.05, 4.69) is 10.2 Å². The zero-order valence-corrected chi connectivity index (χ0v) is 15.9. The van der Waals surface area contributed by atoms with Crippen LogP contribution in [0.2, 0.25) is 0 Å². The maximum Gasteiger partial charge on any atom is 0.230 e. The van der Waals surface area contributed by atoms with Crippen LogP contribution in [0.15, 0.2) is 0 Å². The Bertz CT molecular complexity index is 698. The first-order chi connectivity index (χ1) is 12.6. The van der Waals surface area contributed by atoms with E-state index < -0.39 is 0 Å². The number of amides is 2. The number of likely N-dealkylation sites (tertiary alicyclic amines) is 2. The number of carbonyl (C=O) groups excluding carboxylic acids is 2. The Balaban J connectivity index is 1.36. The summed E-state index contributed by atoms with van der Waals surface area (Å²) in [7, 11) is 0. The number of piperidine rings is 1. The van der Waals surface area contributed by atoms with Crippen LogP contribution < -0.4 is 0 Å². The van der Waals surface area contributed by atoms with E-state index in [1.54, 1.807) is 0 Å². The minimum Gasteiger partial charge on any atom is -0.342 e. The van der Waals surface area contributed by atoms with Gasteiger partial charge in [-0.1, -0.05) is 0 Å². The Hall–Kier alpha value is -1.85. The van der Waals surface area contributed by atoms with E-state index in [-0.39, 0.29) is 17.2 Å². The fourth-order valence-corrected chi connectivity index (χ4v) is 5.06. The molecular formula is C20H30N4O2. The molecule has 4 rings (SSSR count). The van der Waals surface area contributed by atoms with Crippen LogP contribution in [0.25, 0.3) is 0 Å². The molecule has 1 aliphatic carbocycles. The van der Waals surface area contributed by atoms with E-state index in [0.717, 1.165) is 57.4 Å². The largest absolute Gasteiger partial charge is 0.342 e. The number of hydrogen-bond acceptors (Lipinski definition) is 3. The number of hydrogen-bond donors (Lipinski definition) is 1. The molecule has 142 valence electrons. The molecule has 0 saturated carbocycles. The van der Waals surface area contributed by atoms with Gasteiger partial charge in [0.25, 0.3) is 0 Å². The van der Waals surface area contributed by atoms with Crippen molar-refractivity contribution in [2.75, 3.05) is 26.2 Å². The lowest BCUT2D eigenvalue weighted by Gasteiger charge is -2.38. The first-order valence-corrected chi connectivity index (χ1v) is 10.2. The van der Waals surface area contributed by atoms with Crippen molar-refractivity contribution in [1.29, 1.82) is 0 Å². The molecule has 0 radical (unpaired) electrons. The molecule has 1 aromatic heterocycles. The molecule has 2 fully saturated rings. The van der Waals surface area contributed by atoms with Crippen LogP contribution >= 0.6 is 0 Å². The standard InChI is InChI=1S/C20H30N4O2/c1-2-23-12-5-10-20(19(23)26)11-13-24(14-20)18(25)9-8-17-15-6-3-4-7-16(15)21-22-17/h2-14H2,1H3,(H,21,22)/t20-/m1/s1. The van der Waals surface area contributed by atoms with Gasteiger partial charge in [-0.15, -0.1) is 0 Å². The summed E-state index contributed by atoms with van der Waals surface area (Å²) in [5.74, 6) is 0.443. The highest BCUT2D eigenvalue weighted by Crippen LogP contribution is 2.40. The number of aromatic nitrogens is 2. The highest BCUT2D eigenvalue weighted by Gasteiger charge is 2.48. The van der Waals surface area contributed by atoms with Crippen LogP contribution in [0.1, 0.15) is 62.4 Å². The third kappa shape index (κ3) is 3.03. The average molecular weight is 358 g/mol. The third-order valence-electron chi connectivity index (χ3n) is 6.63. The van der Waals surface area contributed by atoms with Gasteiger partial charge in [-0.3, -0.25) is 14.7 Å². The summed E-state index contributed by atoms with van der Waals surface area (Å²) in [5.41, 5.74) is 3.39. The number of aromatic amines is 1. The van der Waals surface area contributed by atoms with Crippen LogP contribution in [0.5, 0.6) is 0 Å². The monoisotopic (exact) mass is 358 g/mol. The number of nitrogens with zero attached hydrogens (tertiary/aromatic N) is 3. The van der Waals surface area contributed by atoms with Crippen molar-refractivity contribution in [3.05, 3.63) is 17.0 Å². The molecule has 1 aromatic rings. The molecule has 0 unspecified atom stereocenters. The second kappa shape index (κ2) is 7.05. The van der Waals surface area contributed by atoms with Crippen molar-refractivity contribution in [2.45, 2.75) is 64.7 Å². The normalized spacial score (nSPS) is 25.8. The fraction of sp³-hybridized carbons (Fsp3) is 0.750. The number of aryl methyl sites for hydroxylation is 2. The lowest BCUT2D eigenvalue weighted by Crippen LogP contribution is -2.50. The predicted octanol–water partition coefficient (Wildman–Crippen LogP) is 2.08. The van der Waals surface area contributed by atoms with Gasteiger partial charge in [-0.25, -0.2) is 0 Å². The molecule has 6 nitrogen and oxygen atoms in total. The van der Waals surface area contributed by atoms with Gasteiger partial charge in [0.15, 0.2) is 0 Å². The summed E-state index contributed by atoms with van der Waals surface area (Å²) in [4.78, 5) is 29.5. The van der Waals surface area contributed by atoms with E-state index in [4.69, 9.17) is 0 Å². The first-order valence-electron chi connectivity index (χ1n) is 10.2. The summed E-state index contributed by atoms with van der Waals surface area (Å²) < 4.78 is 0. The van der Waals surface area contributed by atoms with Gasteiger partial charge in [0.1, 0.15) is 0 Å².